The fourth-order valence-electron chi connectivity index (χ4n) is 7.19. The highest BCUT2D eigenvalue weighted by atomic mass is 28.4. The van der Waals surface area contributed by atoms with E-state index in [4.69, 9.17) is 37.5 Å². The van der Waals surface area contributed by atoms with Crippen LogP contribution in [0.4, 0.5) is 4.79 Å². The number of nitrogens with one attached hydrogen (secondary N) is 1. The van der Waals surface area contributed by atoms with Crippen LogP contribution in [0.5, 0.6) is 0 Å². The molecule has 3 amide bonds. The third kappa shape index (κ3) is 25.5. The Bertz CT molecular complexity index is 1820. The van der Waals surface area contributed by atoms with Crippen molar-refractivity contribution in [1.82, 2.24) is 20.0 Å². The van der Waals surface area contributed by atoms with Crippen molar-refractivity contribution in [3.05, 3.63) is 35.9 Å². The van der Waals surface area contributed by atoms with E-state index in [9.17, 15) is 48.9 Å². The summed E-state index contributed by atoms with van der Waals surface area (Å²) in [4.78, 5) is 79.4. The van der Waals surface area contributed by atoms with Crippen LogP contribution in [0.15, 0.2) is 30.3 Å². The number of amides is 3. The summed E-state index contributed by atoms with van der Waals surface area (Å²) in [6, 6.07) is 8.99. The smallest absolute Gasteiger partial charge is 0.410 e. The molecule has 10 N–H and O–H groups in total. The van der Waals surface area contributed by atoms with Gasteiger partial charge in [0.2, 0.25) is 13.2 Å². The maximum absolute atomic E-state index is 11.8. The van der Waals surface area contributed by atoms with Crippen LogP contribution in [0.25, 0.3) is 0 Å². The molecule has 0 saturated carbocycles. The lowest BCUT2D eigenvalue weighted by Gasteiger charge is -2.38. The van der Waals surface area contributed by atoms with Crippen molar-refractivity contribution >= 4 is 49.9 Å². The second-order valence-corrected chi connectivity index (χ2v) is 23.4. The van der Waals surface area contributed by atoms with Gasteiger partial charge < -0.3 is 79.9 Å². The summed E-state index contributed by atoms with van der Waals surface area (Å²) in [6.45, 7) is 14.6. The summed E-state index contributed by atoms with van der Waals surface area (Å²) >= 11 is 0. The highest BCUT2D eigenvalue weighted by Gasteiger charge is 2.41. The third-order valence-electron chi connectivity index (χ3n) is 12.0. The quantitative estimate of drug-likeness (QED) is 0.0688. The number of aliphatic carboxylic acids is 2. The van der Waals surface area contributed by atoms with Crippen LogP contribution in [0.3, 0.4) is 0 Å². The summed E-state index contributed by atoms with van der Waals surface area (Å²) in [5, 5.41) is 77.8. The first-order chi connectivity index (χ1) is 34.2. The highest BCUT2D eigenvalue weighted by Crippen LogP contribution is 2.38. The average molecular weight is 1040 g/mol. The number of aliphatic hydroxyl groups excluding tert-OH is 7. The normalized spacial score (nSPS) is 23.7. The number of ether oxygens (including phenoxy) is 2. The van der Waals surface area contributed by atoms with Crippen molar-refractivity contribution in [2.45, 2.75) is 159 Å². The zero-order valence-electron chi connectivity index (χ0n) is 44.4. The fraction of sp³-hybridized carbons (Fsp3) is 0.723. The van der Waals surface area contributed by atoms with Gasteiger partial charge in [0.05, 0.1) is 63.4 Å². The van der Waals surface area contributed by atoms with Gasteiger partial charge in [-0.2, -0.15) is 0 Å². The van der Waals surface area contributed by atoms with Crippen molar-refractivity contribution in [3.63, 3.8) is 0 Å². The number of rotatable bonds is 14. The number of ketones is 1. The number of methoxy groups -OCH3 is 1. The number of carbonyl (C=O) groups is 7. The predicted octanol–water partition coefficient (Wildman–Crippen LogP) is 0.477. The predicted molar refractivity (Wildman–Crippen MR) is 260 cm³/mol. The first-order valence-electron chi connectivity index (χ1n) is 24.4. The van der Waals surface area contributed by atoms with Crippen molar-refractivity contribution in [2.24, 2.45) is 0 Å². The minimum absolute atomic E-state index is 0.00240. The molecule has 4 heterocycles. The molecule has 4 aliphatic rings. The lowest BCUT2D eigenvalue weighted by molar-refractivity contribution is -0.148. The Balaban J connectivity index is 0.000000890. The first-order valence-corrected chi connectivity index (χ1v) is 26.2. The second-order valence-electron chi connectivity index (χ2n) is 18.6. The van der Waals surface area contributed by atoms with Crippen molar-refractivity contribution in [2.75, 3.05) is 60.2 Å². The zero-order chi connectivity index (χ0) is 56.1. The number of β-amino-alcohol motifs (C(OH)–C–C–N with tert-alkyl or cyclic N) is 3. The summed E-state index contributed by atoms with van der Waals surface area (Å²) in [6.07, 6.45) is 0.179. The maximum Gasteiger partial charge on any atom is 0.410 e. The molecule has 4 saturated heterocycles. The molecular formula is C47H82N4O19Si. The summed E-state index contributed by atoms with van der Waals surface area (Å²) in [5.41, 5.74) is 0.908. The van der Waals surface area contributed by atoms with Crippen LogP contribution < -0.4 is 5.32 Å². The number of esters is 1. The standard InChI is InChI=1S/C13H17NO4.C12H27NOSi.C9H15NO5.C8H13NO4.C4H6O4.CH4O/c15-8-11-6-12(16)7-14(11)13(17)18-9-10-4-2-1-3-5-10;1-7-10-8-11(9-13-10)14-15(5,6)12(2,3)4;1-15-9(14)3-8(13)10-4-7(12)2-6(10)5-11;1-5-2-6(10)4-9(5)7(11)3-8(12)13;5-2-3(6)1-4(7)8;1-2/h1-5,11-12,15-16H,6-9H2;10-11,13H,7-9H2,1-6H3;6-7,11-12H,2-5H2,1H3;5-6,10H,2-4H2,1H3,(H,12,13);5H,1-2H2,(H,7,8);2H,1H3/t11-,12+;10-,11-;6-,7+;5-,6-;;/m0101../s1/i;;;1D;;2T. The van der Waals surface area contributed by atoms with E-state index in [1.165, 1.54) is 41.8 Å². The lowest BCUT2D eigenvalue weighted by Crippen LogP contribution is -2.44. The van der Waals surface area contributed by atoms with E-state index in [0.717, 1.165) is 12.1 Å². The molecule has 0 aromatic heterocycles. The molecule has 24 heteroatoms. The number of carboxylic acids is 2. The number of Topliss-reactive ketones (excluding diaryl/α,β-unsaturated/α-hetero) is 1. The van der Waals surface area contributed by atoms with Gasteiger partial charge in [-0.1, -0.05) is 58.0 Å². The van der Waals surface area contributed by atoms with Gasteiger partial charge in [0.1, 0.15) is 32.5 Å². The number of aliphatic hydroxyl groups is 7. The maximum atomic E-state index is 11.8. The minimum Gasteiger partial charge on any atom is -0.481 e. The topological polar surface area (TPSA) is 351 Å². The van der Waals surface area contributed by atoms with Gasteiger partial charge in [-0.05, 0) is 62.7 Å². The van der Waals surface area contributed by atoms with Crippen molar-refractivity contribution < 1.29 is 94.8 Å². The van der Waals surface area contributed by atoms with E-state index in [1.54, 1.807) is 0 Å². The molecule has 71 heavy (non-hydrogen) atoms. The van der Waals surface area contributed by atoms with Crippen LogP contribution in [-0.2, 0) is 49.3 Å². The Hall–Kier alpha value is -4.63. The van der Waals surface area contributed by atoms with Crippen LogP contribution in [0.1, 0.15) is 92.9 Å². The fourth-order valence-corrected chi connectivity index (χ4v) is 8.55. The molecule has 0 radical (unpaired) electrons. The Labute approximate surface area is 420 Å². The largest absolute Gasteiger partial charge is 0.481 e. The minimum atomic E-state index is -1.55. The van der Waals surface area contributed by atoms with E-state index in [2.05, 4.69) is 56.0 Å². The highest BCUT2D eigenvalue weighted by molar-refractivity contribution is 6.74. The zero-order valence-corrected chi connectivity index (χ0v) is 43.4. The average Bonchev–Trinajstić information content (AvgIpc) is 4.14. The van der Waals surface area contributed by atoms with Crippen LogP contribution in [-0.4, -0.2) is 221 Å². The molecule has 8 atom stereocenters. The van der Waals surface area contributed by atoms with E-state index >= 15 is 0 Å². The Kier molecular flexibility index (Phi) is 29.8. The summed E-state index contributed by atoms with van der Waals surface area (Å²) in [5.74, 6) is -4.61. The molecule has 0 bridgehead atoms. The van der Waals surface area contributed by atoms with Crippen LogP contribution in [0.2, 0.25) is 18.1 Å². The van der Waals surface area contributed by atoms with Crippen LogP contribution in [0, 0.1) is 0 Å². The first kappa shape index (κ1) is 62.5. The molecule has 408 valence electrons. The number of benzene rings is 1. The lowest BCUT2D eigenvalue weighted by atomic mass is 10.2. The Morgan fingerprint density at radius 2 is 1.31 bits per heavy atom. The van der Waals surface area contributed by atoms with E-state index < -0.39 is 93.7 Å². The molecule has 1 aromatic rings. The number of likely N-dealkylation sites (tertiary alicyclic amines) is 3. The molecule has 4 aliphatic heterocycles. The Morgan fingerprint density at radius 3 is 1.76 bits per heavy atom. The van der Waals surface area contributed by atoms with Gasteiger partial charge in [0.15, 0.2) is 14.1 Å². The van der Waals surface area contributed by atoms with E-state index in [-0.39, 0.29) is 64.9 Å². The van der Waals surface area contributed by atoms with Crippen molar-refractivity contribution in [3.8, 4) is 0 Å². The molecule has 23 nitrogen and oxygen atoms in total. The van der Waals surface area contributed by atoms with Crippen LogP contribution >= 0.6 is 0 Å². The Morgan fingerprint density at radius 1 is 0.803 bits per heavy atom. The monoisotopic (exact) mass is 1040 g/mol. The molecular weight excluding hydrogens is 953 g/mol. The number of carboxylic acid groups (broad SMARTS) is 2. The van der Waals surface area contributed by atoms with E-state index in [1.807, 2.05) is 30.3 Å². The number of nitrogens with zero attached hydrogens (tertiary/aromatic N) is 3. The van der Waals surface area contributed by atoms with Gasteiger partial charge in [-0.3, -0.25) is 28.8 Å². The third-order valence-corrected chi connectivity index (χ3v) is 16.5. The number of hydrogen-bond acceptors (Lipinski definition) is 18. The van der Waals surface area contributed by atoms with Gasteiger partial charge in [-0.25, -0.2) is 4.79 Å². The second kappa shape index (κ2) is 33.9. The van der Waals surface area contributed by atoms with Crippen molar-refractivity contribution in [1.29, 1.82) is 1.43 Å². The van der Waals surface area contributed by atoms with Gasteiger partial charge >= 0.3 is 24.0 Å². The molecule has 5 rings (SSSR count). The van der Waals surface area contributed by atoms with E-state index in [0.29, 0.717) is 36.4 Å². The van der Waals surface area contributed by atoms with Gasteiger partial charge in [0.25, 0.3) is 0 Å². The molecule has 0 spiro atoms. The summed E-state index contributed by atoms with van der Waals surface area (Å²) < 4.78 is 28.7. The molecule has 4 fully saturated rings. The number of carbonyl (C=O) groups excluding carboxylic acids is 5. The molecule has 0 unspecified atom stereocenters. The molecule has 0 aliphatic carbocycles. The van der Waals surface area contributed by atoms with Gasteiger partial charge in [-0.15, -0.1) is 0 Å². The SMILES string of the molecule is CC[C@@H]1C[C@@H](O[Si](C)(C)C(C)(C)C)CN1.COC(=O)CC(=O)N1C[C@H](O)C[C@H]1CO.O=C(O)CC(=O)CO.O=C(OCc1ccccc1)N1C[C@H](O)C[C@H]1CO.[2H]C[C@@H]1C[C@@H](O)CN1C(=O)CC(=O)O.[3H]OC. The summed E-state index contributed by atoms with van der Waals surface area (Å²) in [7, 11) is 0.946. The number of hydrogen-bond donors (Lipinski definition) is 10. The molecule has 1 aromatic carbocycles. The van der Waals surface area contributed by atoms with Gasteiger partial charge in [0, 0.05) is 40.2 Å².